The zero-order chi connectivity index (χ0) is 36.1. The van der Waals surface area contributed by atoms with E-state index in [2.05, 4.69) is 13.8 Å². The molecule has 0 saturated heterocycles. The maximum Gasteiger partial charge on any atom is 0.191 e. The molecule has 301 valence electrons. The van der Waals surface area contributed by atoms with Gasteiger partial charge in [-0.1, -0.05) is 277 Å². The van der Waals surface area contributed by atoms with E-state index in [0.29, 0.717) is 13.0 Å². The summed E-state index contributed by atoms with van der Waals surface area (Å²) >= 11 is 0. The summed E-state index contributed by atoms with van der Waals surface area (Å²) in [5.41, 5.74) is 0. The molecule has 1 atom stereocenters. The van der Waals surface area contributed by atoms with Gasteiger partial charge in [-0.2, -0.15) is 0 Å². The third kappa shape index (κ3) is 45.9. The van der Waals surface area contributed by atoms with Crippen LogP contribution in [0.25, 0.3) is 0 Å². The van der Waals surface area contributed by atoms with Gasteiger partial charge in [0.2, 0.25) is 0 Å². The first kappa shape index (κ1) is 49.9. The molecule has 2 nitrogen and oxygen atoms in total. The number of unbranched alkanes of at least 4 members (excludes halogenated alkanes) is 41. The Hall–Kier alpha value is -0.0800. The smallest absolute Gasteiger partial charge is 0.191 e. The minimum Gasteiger partial charge on any atom is -0.350 e. The normalized spacial score (nSPS) is 12.3. The van der Waals surface area contributed by atoms with Crippen molar-refractivity contribution >= 4 is 0 Å². The van der Waals surface area contributed by atoms with Gasteiger partial charge in [0, 0.05) is 13.0 Å². The standard InChI is InChI=1S/C48H97O2/c1-3-5-7-9-11-13-15-17-19-21-23-25-27-29-31-33-35-37-39-41-43-45-47-50-48(49)46-44-42-40-38-36-34-32-30-28-26-24-22-20-18-16-14-12-10-8-6-4-2/h48H,3-47H2,1-2H3. The maximum atomic E-state index is 12.1. The Kier molecular flexibility index (Phi) is 46.9. The highest BCUT2D eigenvalue weighted by atomic mass is 16.6. The van der Waals surface area contributed by atoms with Gasteiger partial charge in [0.15, 0.2) is 6.29 Å². The second kappa shape index (κ2) is 46.9. The Labute approximate surface area is 318 Å². The van der Waals surface area contributed by atoms with Crippen molar-refractivity contribution in [3.8, 4) is 0 Å². The Morgan fingerprint density at radius 2 is 0.440 bits per heavy atom. The molecule has 0 amide bonds. The summed E-state index contributed by atoms with van der Waals surface area (Å²) in [6, 6.07) is 0. The van der Waals surface area contributed by atoms with Crippen LogP contribution in [-0.2, 0) is 9.84 Å². The Bertz CT molecular complexity index is 562. The molecule has 0 heterocycles. The molecule has 0 aliphatic rings. The minimum atomic E-state index is -0.787. The van der Waals surface area contributed by atoms with E-state index in [9.17, 15) is 5.11 Å². The molecule has 0 aromatic carbocycles. The van der Waals surface area contributed by atoms with Crippen LogP contribution in [0.3, 0.4) is 0 Å². The number of hydrogen-bond acceptors (Lipinski definition) is 1. The summed E-state index contributed by atoms with van der Waals surface area (Å²) in [5, 5.41) is 12.1. The minimum absolute atomic E-state index is 0.673. The molecule has 0 aromatic rings. The maximum absolute atomic E-state index is 12.1. The van der Waals surface area contributed by atoms with Crippen LogP contribution in [0.2, 0.25) is 0 Å². The summed E-state index contributed by atoms with van der Waals surface area (Å²) in [7, 11) is 0. The number of rotatable bonds is 46. The molecule has 0 aliphatic carbocycles. The molecular weight excluding hydrogens is 609 g/mol. The first-order valence-corrected chi connectivity index (χ1v) is 24.1. The van der Waals surface area contributed by atoms with Gasteiger partial charge in [-0.3, -0.25) is 0 Å². The van der Waals surface area contributed by atoms with Crippen molar-refractivity contribution in [1.29, 1.82) is 0 Å². The summed E-state index contributed by atoms with van der Waals surface area (Å²) in [4.78, 5) is 0. The van der Waals surface area contributed by atoms with Crippen LogP contribution in [0.1, 0.15) is 296 Å². The lowest BCUT2D eigenvalue weighted by atomic mass is 10.0. The van der Waals surface area contributed by atoms with E-state index in [-0.39, 0.29) is 0 Å². The zero-order valence-electron chi connectivity index (χ0n) is 35.2. The van der Waals surface area contributed by atoms with Crippen molar-refractivity contribution in [2.45, 2.75) is 303 Å². The molecule has 0 aromatic heterocycles. The third-order valence-electron chi connectivity index (χ3n) is 11.3. The second-order valence-corrected chi connectivity index (χ2v) is 16.6. The lowest BCUT2D eigenvalue weighted by molar-refractivity contribution is -0.144. The topological polar surface area (TPSA) is 29.1 Å². The number of ether oxygens (including phenoxy) is 1. The van der Waals surface area contributed by atoms with Crippen molar-refractivity contribution in [3.05, 3.63) is 0 Å². The van der Waals surface area contributed by atoms with Crippen molar-refractivity contribution in [2.24, 2.45) is 0 Å². The molecule has 0 spiro atoms. The Balaban J connectivity index is 3.14. The Morgan fingerprint density at radius 3 is 0.660 bits per heavy atom. The van der Waals surface area contributed by atoms with Gasteiger partial charge in [0.25, 0.3) is 0 Å². The Morgan fingerprint density at radius 1 is 0.260 bits per heavy atom. The predicted octanol–water partition coefficient (Wildman–Crippen LogP) is 18.0. The van der Waals surface area contributed by atoms with Crippen molar-refractivity contribution in [2.75, 3.05) is 6.61 Å². The monoisotopic (exact) mass is 706 g/mol. The van der Waals surface area contributed by atoms with Gasteiger partial charge < -0.3 is 4.74 Å². The van der Waals surface area contributed by atoms with E-state index in [1.165, 1.54) is 263 Å². The lowest BCUT2D eigenvalue weighted by Gasteiger charge is -2.10. The van der Waals surface area contributed by atoms with E-state index in [0.717, 1.165) is 12.8 Å². The first-order chi connectivity index (χ1) is 24.8. The average Bonchev–Trinajstić information content (AvgIpc) is 3.12. The summed E-state index contributed by atoms with van der Waals surface area (Å²) < 4.78 is 5.57. The van der Waals surface area contributed by atoms with Crippen LogP contribution in [0.4, 0.5) is 0 Å². The molecule has 1 unspecified atom stereocenters. The van der Waals surface area contributed by atoms with Crippen LogP contribution in [0.15, 0.2) is 0 Å². The second-order valence-electron chi connectivity index (χ2n) is 16.6. The predicted molar refractivity (Wildman–Crippen MR) is 225 cm³/mol. The van der Waals surface area contributed by atoms with E-state index >= 15 is 0 Å². The number of hydrogen-bond donors (Lipinski definition) is 0. The van der Waals surface area contributed by atoms with E-state index in [4.69, 9.17) is 4.74 Å². The first-order valence-electron chi connectivity index (χ1n) is 24.1. The summed E-state index contributed by atoms with van der Waals surface area (Å²) in [6.45, 7) is 5.28. The van der Waals surface area contributed by atoms with Crippen LogP contribution in [-0.4, -0.2) is 12.9 Å². The van der Waals surface area contributed by atoms with Gasteiger partial charge in [0.1, 0.15) is 0 Å². The molecule has 0 fully saturated rings. The SMILES string of the molecule is CCCCCCCCCCCCCCCCCCCCCCCCOC([O])CCCCCCCCCCCCCCCCCCCCCCC. The molecule has 0 aliphatic heterocycles. The van der Waals surface area contributed by atoms with Crippen LogP contribution in [0, 0.1) is 0 Å². The van der Waals surface area contributed by atoms with Gasteiger partial charge >= 0.3 is 0 Å². The van der Waals surface area contributed by atoms with Crippen LogP contribution < -0.4 is 0 Å². The molecule has 50 heavy (non-hydrogen) atoms. The molecule has 1 radical (unpaired) electrons. The molecule has 0 saturated carbocycles. The van der Waals surface area contributed by atoms with E-state index < -0.39 is 6.29 Å². The zero-order valence-corrected chi connectivity index (χ0v) is 35.2. The largest absolute Gasteiger partial charge is 0.350 e. The van der Waals surface area contributed by atoms with E-state index in [1.807, 2.05) is 0 Å². The van der Waals surface area contributed by atoms with Gasteiger partial charge in [-0.05, 0) is 12.8 Å². The fourth-order valence-electron chi connectivity index (χ4n) is 7.75. The molecule has 0 rings (SSSR count). The highest BCUT2D eigenvalue weighted by Crippen LogP contribution is 2.17. The fourth-order valence-corrected chi connectivity index (χ4v) is 7.75. The molecule has 0 N–H and O–H groups in total. The third-order valence-corrected chi connectivity index (χ3v) is 11.3. The molecule has 2 heteroatoms. The lowest BCUT2D eigenvalue weighted by Crippen LogP contribution is -2.11. The van der Waals surface area contributed by atoms with Gasteiger partial charge in [-0.25, -0.2) is 5.11 Å². The van der Waals surface area contributed by atoms with Crippen molar-refractivity contribution in [1.82, 2.24) is 0 Å². The highest BCUT2D eigenvalue weighted by Gasteiger charge is 2.06. The fraction of sp³-hybridized carbons (Fsp3) is 1.00. The van der Waals surface area contributed by atoms with Gasteiger partial charge in [-0.15, -0.1) is 0 Å². The highest BCUT2D eigenvalue weighted by molar-refractivity contribution is 4.54. The average molecular weight is 706 g/mol. The quantitative estimate of drug-likeness (QED) is 0.0458. The van der Waals surface area contributed by atoms with Crippen LogP contribution in [0.5, 0.6) is 0 Å². The molecular formula is C48H97O2. The summed E-state index contributed by atoms with van der Waals surface area (Å²) in [6.07, 6.45) is 60.4. The molecule has 0 bridgehead atoms. The van der Waals surface area contributed by atoms with Crippen molar-refractivity contribution in [3.63, 3.8) is 0 Å². The summed E-state index contributed by atoms with van der Waals surface area (Å²) in [5.74, 6) is 0. The van der Waals surface area contributed by atoms with Gasteiger partial charge in [0.05, 0.1) is 0 Å². The van der Waals surface area contributed by atoms with Crippen LogP contribution >= 0.6 is 0 Å². The van der Waals surface area contributed by atoms with Crippen molar-refractivity contribution < 1.29 is 9.84 Å². The van der Waals surface area contributed by atoms with E-state index in [1.54, 1.807) is 0 Å².